The van der Waals surface area contributed by atoms with Crippen LogP contribution in [0.3, 0.4) is 0 Å². The van der Waals surface area contributed by atoms with Crippen LogP contribution in [0.5, 0.6) is 0 Å². The molecule has 70 valence electrons. The molecule has 0 amide bonds. The molecule has 0 aromatic heterocycles. The van der Waals surface area contributed by atoms with Crippen LogP contribution in [-0.4, -0.2) is 19.5 Å². The van der Waals surface area contributed by atoms with Crippen molar-refractivity contribution in [2.24, 2.45) is 5.92 Å². The molecule has 0 aromatic carbocycles. The Bertz CT molecular complexity index is 358. The van der Waals surface area contributed by atoms with Gasteiger partial charge < -0.3 is 0 Å². The highest BCUT2D eigenvalue weighted by atomic mass is 32.2. The Hall–Kier alpha value is -0.0200. The topological polar surface area (TPSA) is 17.1 Å². The van der Waals surface area contributed by atoms with E-state index in [1.807, 2.05) is 11.8 Å². The first-order chi connectivity index (χ1) is 6.13. The zero-order valence-electron chi connectivity index (χ0n) is 7.69. The second-order valence-electron chi connectivity index (χ2n) is 4.19. The molecule has 0 spiro atoms. The first-order valence-electron chi connectivity index (χ1n) is 4.58. The van der Waals surface area contributed by atoms with Crippen LogP contribution in [0.15, 0.2) is 23.1 Å². The van der Waals surface area contributed by atoms with Gasteiger partial charge in [0, 0.05) is 22.0 Å². The van der Waals surface area contributed by atoms with E-state index in [1.54, 1.807) is 0 Å². The third kappa shape index (κ3) is 0.827. The van der Waals surface area contributed by atoms with Gasteiger partial charge in [-0.2, -0.15) is 0 Å². The van der Waals surface area contributed by atoms with Crippen molar-refractivity contribution in [1.29, 1.82) is 0 Å². The fourth-order valence-corrected chi connectivity index (χ4v) is 6.49. The minimum Gasteiger partial charge on any atom is -0.258 e. The highest BCUT2D eigenvalue weighted by Gasteiger charge is 2.59. The Morgan fingerprint density at radius 3 is 3.08 bits per heavy atom. The summed E-state index contributed by atoms with van der Waals surface area (Å²) in [6.45, 7) is 4.30. The number of rotatable bonds is 0. The van der Waals surface area contributed by atoms with E-state index in [-0.39, 0.29) is 4.75 Å². The molecule has 1 saturated heterocycles. The molecule has 13 heavy (non-hydrogen) atoms. The van der Waals surface area contributed by atoms with E-state index in [9.17, 15) is 4.21 Å². The van der Waals surface area contributed by atoms with Crippen LogP contribution < -0.4 is 0 Å². The second-order valence-corrected chi connectivity index (χ2v) is 7.63. The van der Waals surface area contributed by atoms with Gasteiger partial charge in [-0.3, -0.25) is 4.21 Å². The van der Waals surface area contributed by atoms with E-state index in [0.717, 1.165) is 0 Å². The van der Waals surface area contributed by atoms with Crippen LogP contribution in [0.2, 0.25) is 0 Å². The number of thioether (sulfide) groups is 1. The quantitative estimate of drug-likeness (QED) is 0.572. The molecule has 3 rings (SSSR count). The number of allylic oxidation sites excluding steroid dienone is 2. The zero-order chi connectivity index (χ0) is 9.22. The molecule has 0 aromatic rings. The maximum Gasteiger partial charge on any atom is 0.0690 e. The van der Waals surface area contributed by atoms with Crippen molar-refractivity contribution < 1.29 is 4.21 Å². The van der Waals surface area contributed by atoms with Gasteiger partial charge in [-0.05, 0) is 18.8 Å². The first kappa shape index (κ1) is 8.30. The number of hydrogen-bond acceptors (Lipinski definition) is 2. The summed E-state index contributed by atoms with van der Waals surface area (Å²) in [5.41, 5.74) is 0. The molecule has 3 heteroatoms. The molecule has 2 bridgehead atoms. The lowest BCUT2D eigenvalue weighted by Gasteiger charge is -2.24. The van der Waals surface area contributed by atoms with Gasteiger partial charge in [-0.15, -0.1) is 11.8 Å². The van der Waals surface area contributed by atoms with E-state index >= 15 is 0 Å². The van der Waals surface area contributed by atoms with E-state index < -0.39 is 10.8 Å². The smallest absolute Gasteiger partial charge is 0.0690 e. The Balaban J connectivity index is 2.13. The molecule has 5 atom stereocenters. The number of hydrogen-bond donors (Lipinski definition) is 0. The summed E-state index contributed by atoms with van der Waals surface area (Å²) in [5, 5.41) is 0.879. The van der Waals surface area contributed by atoms with Gasteiger partial charge in [0.2, 0.25) is 0 Å². The summed E-state index contributed by atoms with van der Waals surface area (Å²) < 4.78 is 12.0. The van der Waals surface area contributed by atoms with Gasteiger partial charge in [0.1, 0.15) is 0 Å². The molecule has 0 radical (unpaired) electrons. The SMILES string of the molecule is CC1=C[C@H]2[C@@H](S1)[C@H]1C=C[C@]2(C)S1=O. The molecule has 3 heterocycles. The Morgan fingerprint density at radius 1 is 1.62 bits per heavy atom. The summed E-state index contributed by atoms with van der Waals surface area (Å²) in [5.74, 6) is 0.522. The lowest BCUT2D eigenvalue weighted by atomic mass is 9.85. The summed E-state index contributed by atoms with van der Waals surface area (Å²) >= 11 is 1.92. The fourth-order valence-electron chi connectivity index (χ4n) is 2.63. The summed E-state index contributed by atoms with van der Waals surface area (Å²) in [4.78, 5) is 1.41. The lowest BCUT2D eigenvalue weighted by Crippen LogP contribution is -2.31. The molecule has 1 unspecified atom stereocenters. The fraction of sp³-hybridized carbons (Fsp3) is 0.600. The number of fused-ring (bicyclic) bond motifs is 5. The lowest BCUT2D eigenvalue weighted by molar-refractivity contribution is 0.553. The maximum absolute atomic E-state index is 12.0. The first-order valence-corrected chi connectivity index (χ1v) is 6.67. The third-order valence-corrected chi connectivity index (χ3v) is 7.13. The molecule has 0 aliphatic carbocycles. The van der Waals surface area contributed by atoms with Crippen LogP contribution in [0.1, 0.15) is 13.8 Å². The monoisotopic (exact) mass is 212 g/mol. The van der Waals surface area contributed by atoms with Crippen molar-refractivity contribution in [3.63, 3.8) is 0 Å². The van der Waals surface area contributed by atoms with Crippen molar-refractivity contribution in [1.82, 2.24) is 0 Å². The van der Waals surface area contributed by atoms with Crippen molar-refractivity contribution >= 4 is 22.6 Å². The van der Waals surface area contributed by atoms with Crippen molar-refractivity contribution in [2.75, 3.05) is 0 Å². The van der Waals surface area contributed by atoms with Crippen LogP contribution in [0.25, 0.3) is 0 Å². The van der Waals surface area contributed by atoms with E-state index in [2.05, 4.69) is 32.1 Å². The minimum atomic E-state index is -0.667. The molecular weight excluding hydrogens is 200 g/mol. The molecule has 0 N–H and O–H groups in total. The van der Waals surface area contributed by atoms with Crippen molar-refractivity contribution in [3.8, 4) is 0 Å². The van der Waals surface area contributed by atoms with Crippen LogP contribution >= 0.6 is 11.8 Å². The summed E-state index contributed by atoms with van der Waals surface area (Å²) in [6, 6.07) is 0. The van der Waals surface area contributed by atoms with Crippen molar-refractivity contribution in [3.05, 3.63) is 23.1 Å². The van der Waals surface area contributed by atoms with Gasteiger partial charge >= 0.3 is 0 Å². The molecule has 1 nitrogen and oxygen atoms in total. The van der Waals surface area contributed by atoms with E-state index in [4.69, 9.17) is 0 Å². The largest absolute Gasteiger partial charge is 0.258 e. The van der Waals surface area contributed by atoms with Crippen LogP contribution in [-0.2, 0) is 10.8 Å². The molecule has 3 aliphatic heterocycles. The average molecular weight is 212 g/mol. The van der Waals surface area contributed by atoms with Gasteiger partial charge in [-0.1, -0.05) is 18.2 Å². The highest BCUT2D eigenvalue weighted by molar-refractivity contribution is 8.05. The molecule has 1 fully saturated rings. The molecular formula is C10H12OS2. The Labute approximate surface area is 85.1 Å². The molecule has 3 aliphatic rings. The molecule has 0 saturated carbocycles. The minimum absolute atomic E-state index is 0.0555. The standard InChI is InChI=1S/C10H12OS2/c1-6-5-7-9(12-6)8-3-4-10(7,2)13(8)11/h3-5,7-9H,1-2H3/t7-,8+,9+,10-,13?/m0/s1. The van der Waals surface area contributed by atoms with Gasteiger partial charge in [0.05, 0.1) is 10.00 Å². The Kier molecular flexibility index (Phi) is 1.48. The van der Waals surface area contributed by atoms with E-state index in [0.29, 0.717) is 16.4 Å². The van der Waals surface area contributed by atoms with Gasteiger partial charge in [0.25, 0.3) is 0 Å². The zero-order valence-corrected chi connectivity index (χ0v) is 9.32. The average Bonchev–Trinajstić information content (AvgIpc) is 2.62. The maximum atomic E-state index is 12.0. The van der Waals surface area contributed by atoms with Crippen LogP contribution in [0.4, 0.5) is 0 Å². The van der Waals surface area contributed by atoms with E-state index in [1.165, 1.54) is 4.91 Å². The van der Waals surface area contributed by atoms with Gasteiger partial charge in [0.15, 0.2) is 0 Å². The van der Waals surface area contributed by atoms with Crippen LogP contribution in [0, 0.1) is 5.92 Å². The summed E-state index contributed by atoms with van der Waals surface area (Å²) in [7, 11) is -0.667. The normalized spacial score (nSPS) is 56.9. The second kappa shape index (κ2) is 2.31. The summed E-state index contributed by atoms with van der Waals surface area (Å²) in [6.07, 6.45) is 6.65. The predicted molar refractivity (Wildman–Crippen MR) is 58.1 cm³/mol. The predicted octanol–water partition coefficient (Wildman–Crippen LogP) is 2.08. The van der Waals surface area contributed by atoms with Gasteiger partial charge in [-0.25, -0.2) is 0 Å². The highest BCUT2D eigenvalue weighted by Crippen LogP contribution is 2.56. The van der Waals surface area contributed by atoms with Crippen molar-refractivity contribution in [2.45, 2.75) is 29.1 Å². The Morgan fingerprint density at radius 2 is 2.38 bits per heavy atom. The third-order valence-electron chi connectivity index (χ3n) is 3.37.